The molecule has 0 nitrogen and oxygen atoms in total. The topological polar surface area (TPSA) is 0 Å². The molecule has 0 heterocycles. The second-order valence-electron chi connectivity index (χ2n) is 5.93. The standard InChI is InChI=1S/2C8H8Br2.C8H7Br/c9-5-7-1-2-8(6-10)4-3-7;9-5-7-2-1-3-8(4-7)6-10;1-2-7-3-5-8(9)6-4-7/h2*1-4H,5-6H2;2-6H,1H2. The monoisotopic (exact) mass is 706 g/mol. The van der Waals surface area contributed by atoms with Crippen LogP contribution >= 0.6 is 79.6 Å². The first kappa shape index (κ1) is 26.8. The molecular weight excluding hydrogens is 688 g/mol. The van der Waals surface area contributed by atoms with Crippen molar-refractivity contribution in [3.63, 3.8) is 0 Å². The molecule has 0 bridgehead atoms. The summed E-state index contributed by atoms with van der Waals surface area (Å²) in [5.41, 5.74) is 6.46. The van der Waals surface area contributed by atoms with Gasteiger partial charge in [-0.05, 0) is 39.9 Å². The zero-order chi connectivity index (χ0) is 21.5. The Balaban J connectivity index is 0.000000218. The number of alkyl halides is 4. The predicted molar refractivity (Wildman–Crippen MR) is 148 cm³/mol. The maximum absolute atomic E-state index is 3.65. The van der Waals surface area contributed by atoms with Crippen molar-refractivity contribution < 1.29 is 0 Å². The summed E-state index contributed by atoms with van der Waals surface area (Å²) < 4.78 is 1.10. The number of halogens is 5. The molecule has 0 fully saturated rings. The normalized spacial score (nSPS) is 9.55. The summed E-state index contributed by atoms with van der Waals surface area (Å²) >= 11 is 16.9. The highest BCUT2D eigenvalue weighted by atomic mass is 79.9. The van der Waals surface area contributed by atoms with Gasteiger partial charge in [0.1, 0.15) is 0 Å². The minimum atomic E-state index is 0.938. The molecule has 0 spiro atoms. The first-order valence-corrected chi connectivity index (χ1v) is 14.1. The minimum Gasteiger partial charge on any atom is -0.0985 e. The maximum atomic E-state index is 3.65. The fraction of sp³-hybridized carbons (Fsp3) is 0.167. The van der Waals surface area contributed by atoms with E-state index >= 15 is 0 Å². The van der Waals surface area contributed by atoms with Gasteiger partial charge < -0.3 is 0 Å². The lowest BCUT2D eigenvalue weighted by molar-refractivity contribution is 1.35. The minimum absolute atomic E-state index is 0.938. The van der Waals surface area contributed by atoms with Crippen LogP contribution < -0.4 is 0 Å². The summed E-state index contributed by atoms with van der Waals surface area (Å²) in [6.45, 7) is 3.65. The van der Waals surface area contributed by atoms with Crippen molar-refractivity contribution in [2.45, 2.75) is 21.3 Å². The Bertz CT molecular complexity index is 784. The maximum Gasteiger partial charge on any atom is 0.0283 e. The molecule has 3 rings (SSSR count). The summed E-state index contributed by atoms with van der Waals surface area (Å²) in [5.74, 6) is 0. The highest BCUT2D eigenvalue weighted by Crippen LogP contribution is 2.12. The van der Waals surface area contributed by atoms with Gasteiger partial charge in [-0.2, -0.15) is 0 Å². The molecule has 0 N–H and O–H groups in total. The molecular formula is C24H23Br5. The fourth-order valence-corrected chi connectivity index (χ4v) is 3.82. The van der Waals surface area contributed by atoms with Crippen molar-refractivity contribution in [3.8, 4) is 0 Å². The van der Waals surface area contributed by atoms with E-state index in [9.17, 15) is 0 Å². The van der Waals surface area contributed by atoms with Crippen LogP contribution in [0.2, 0.25) is 0 Å². The van der Waals surface area contributed by atoms with E-state index in [0.29, 0.717) is 0 Å². The van der Waals surface area contributed by atoms with E-state index in [1.165, 1.54) is 22.3 Å². The molecule has 154 valence electrons. The summed E-state index contributed by atoms with van der Waals surface area (Å²) in [7, 11) is 0. The molecule has 0 unspecified atom stereocenters. The molecule has 0 aliphatic heterocycles. The molecule has 0 saturated carbocycles. The first-order valence-electron chi connectivity index (χ1n) is 8.83. The van der Waals surface area contributed by atoms with Crippen molar-refractivity contribution in [2.24, 2.45) is 0 Å². The van der Waals surface area contributed by atoms with Crippen molar-refractivity contribution in [1.82, 2.24) is 0 Å². The lowest BCUT2D eigenvalue weighted by atomic mass is 10.2. The van der Waals surface area contributed by atoms with Crippen LogP contribution in [0.5, 0.6) is 0 Å². The third kappa shape index (κ3) is 11.7. The third-order valence-corrected chi connectivity index (χ3v) is 6.86. The van der Waals surface area contributed by atoms with Crippen molar-refractivity contribution in [2.75, 3.05) is 0 Å². The van der Waals surface area contributed by atoms with Gasteiger partial charge in [-0.15, -0.1) is 0 Å². The van der Waals surface area contributed by atoms with Gasteiger partial charge in [0.25, 0.3) is 0 Å². The van der Waals surface area contributed by atoms with Gasteiger partial charge in [-0.1, -0.05) is 153 Å². The zero-order valence-electron chi connectivity index (χ0n) is 15.9. The predicted octanol–water partition coefficient (Wildman–Crippen LogP) is 10.0. The number of hydrogen-bond donors (Lipinski definition) is 0. The van der Waals surface area contributed by atoms with Crippen LogP contribution in [0.15, 0.2) is 83.8 Å². The van der Waals surface area contributed by atoms with Crippen LogP contribution in [-0.2, 0) is 21.3 Å². The van der Waals surface area contributed by atoms with Crippen LogP contribution in [0.3, 0.4) is 0 Å². The van der Waals surface area contributed by atoms with E-state index in [-0.39, 0.29) is 0 Å². The third-order valence-electron chi connectivity index (χ3n) is 3.74. The lowest BCUT2D eigenvalue weighted by Gasteiger charge is -1.97. The summed E-state index contributed by atoms with van der Waals surface area (Å²) in [6.07, 6.45) is 1.83. The summed E-state index contributed by atoms with van der Waals surface area (Å²) in [6, 6.07) is 25.0. The SMILES string of the molecule is BrCc1ccc(CBr)cc1.BrCc1cccc(CBr)c1.C=Cc1ccc(Br)cc1. The molecule has 29 heavy (non-hydrogen) atoms. The van der Waals surface area contributed by atoms with Gasteiger partial charge in [0, 0.05) is 25.8 Å². The Morgan fingerprint density at radius 3 is 1.34 bits per heavy atom. The highest BCUT2D eigenvalue weighted by Gasteiger charge is 1.91. The van der Waals surface area contributed by atoms with E-state index in [0.717, 1.165) is 31.4 Å². The summed E-state index contributed by atoms with van der Waals surface area (Å²) in [5, 5.41) is 3.76. The smallest absolute Gasteiger partial charge is 0.0283 e. The van der Waals surface area contributed by atoms with Crippen LogP contribution in [0.4, 0.5) is 0 Å². The van der Waals surface area contributed by atoms with Crippen LogP contribution in [0.25, 0.3) is 6.08 Å². The van der Waals surface area contributed by atoms with E-state index < -0.39 is 0 Å². The van der Waals surface area contributed by atoms with Gasteiger partial charge >= 0.3 is 0 Å². The number of hydrogen-bond acceptors (Lipinski definition) is 0. The Morgan fingerprint density at radius 2 is 1.00 bits per heavy atom. The van der Waals surface area contributed by atoms with E-state index in [4.69, 9.17) is 0 Å². The molecule has 0 radical (unpaired) electrons. The van der Waals surface area contributed by atoms with Crippen molar-refractivity contribution in [1.29, 1.82) is 0 Å². The van der Waals surface area contributed by atoms with E-state index in [2.05, 4.69) is 135 Å². The molecule has 3 aromatic carbocycles. The molecule has 0 aliphatic rings. The van der Waals surface area contributed by atoms with Gasteiger partial charge in [-0.3, -0.25) is 0 Å². The van der Waals surface area contributed by atoms with Crippen molar-refractivity contribution in [3.05, 3.63) is 112 Å². The van der Waals surface area contributed by atoms with Crippen LogP contribution in [-0.4, -0.2) is 0 Å². The van der Waals surface area contributed by atoms with Crippen molar-refractivity contribution >= 4 is 85.7 Å². The summed E-state index contributed by atoms with van der Waals surface area (Å²) in [4.78, 5) is 0. The van der Waals surface area contributed by atoms with Gasteiger partial charge in [-0.25, -0.2) is 0 Å². The molecule has 0 aliphatic carbocycles. The lowest BCUT2D eigenvalue weighted by Crippen LogP contribution is -1.80. The van der Waals surface area contributed by atoms with Crippen LogP contribution in [0, 0.1) is 0 Å². The average Bonchev–Trinajstić information content (AvgIpc) is 2.80. The molecule has 5 heteroatoms. The Morgan fingerprint density at radius 1 is 0.586 bits per heavy atom. The Labute approximate surface area is 216 Å². The van der Waals surface area contributed by atoms with Gasteiger partial charge in [0.2, 0.25) is 0 Å². The number of rotatable bonds is 5. The molecule has 0 atom stereocenters. The highest BCUT2D eigenvalue weighted by molar-refractivity contribution is 9.10. The second-order valence-corrected chi connectivity index (χ2v) is 9.09. The largest absolute Gasteiger partial charge is 0.0985 e. The van der Waals surface area contributed by atoms with E-state index in [1.54, 1.807) is 0 Å². The van der Waals surface area contributed by atoms with Crippen LogP contribution in [0.1, 0.15) is 27.8 Å². The number of benzene rings is 3. The molecule has 0 saturated heterocycles. The van der Waals surface area contributed by atoms with E-state index in [1.807, 2.05) is 30.3 Å². The zero-order valence-corrected chi connectivity index (χ0v) is 23.9. The molecule has 0 amide bonds. The fourth-order valence-electron chi connectivity index (χ4n) is 2.11. The van der Waals surface area contributed by atoms with Gasteiger partial charge in [0.15, 0.2) is 0 Å². The quantitative estimate of drug-likeness (QED) is 0.231. The second kappa shape index (κ2) is 16.5. The molecule has 0 aromatic heterocycles. The Hall–Kier alpha value is -0.200. The average molecular weight is 711 g/mol. The van der Waals surface area contributed by atoms with Gasteiger partial charge in [0.05, 0.1) is 0 Å². The first-order chi connectivity index (χ1) is 14.1. The molecule has 3 aromatic rings. The Kier molecular flexibility index (Phi) is 15.3.